The van der Waals surface area contributed by atoms with Crippen LogP contribution in [0.15, 0.2) is 34.8 Å². The topological polar surface area (TPSA) is 73.6 Å². The Kier molecular flexibility index (Phi) is 5.30. The molecule has 0 aliphatic heterocycles. The molecule has 3 rings (SSSR count). The Labute approximate surface area is 155 Å². The number of rotatable bonds is 4. The fourth-order valence-electron chi connectivity index (χ4n) is 3.15. The lowest BCUT2D eigenvalue weighted by Crippen LogP contribution is -2.19. The molecule has 0 bridgehead atoms. The Morgan fingerprint density at radius 3 is 2.68 bits per heavy atom. The van der Waals surface area contributed by atoms with Crippen molar-refractivity contribution in [1.29, 1.82) is 0 Å². The third-order valence-electron chi connectivity index (χ3n) is 4.48. The first-order chi connectivity index (χ1) is 12.0. The van der Waals surface area contributed by atoms with Crippen molar-refractivity contribution in [3.8, 4) is 11.5 Å². The largest absolute Gasteiger partial charge is 0.496 e. The number of amides is 1. The minimum atomic E-state index is -0.246. The Bertz CT molecular complexity index is 807. The number of aryl methyl sites for hydroxylation is 1. The van der Waals surface area contributed by atoms with Crippen LogP contribution in [0.4, 0.5) is 5.69 Å². The molecule has 1 unspecified atom stereocenters. The number of methoxy groups -OCH3 is 2. The number of carbonyl (C=O) groups excluding carboxylic acids is 1. The highest BCUT2D eigenvalue weighted by Gasteiger charge is 2.19. The van der Waals surface area contributed by atoms with Crippen LogP contribution in [0.25, 0.3) is 0 Å². The number of hydrogen-bond donors (Lipinski definition) is 2. The van der Waals surface area contributed by atoms with Crippen LogP contribution in [-0.4, -0.2) is 20.1 Å². The summed E-state index contributed by atoms with van der Waals surface area (Å²) in [6.07, 6.45) is 3.12. The van der Waals surface area contributed by atoms with Gasteiger partial charge in [0.05, 0.1) is 24.3 Å². The molecular weight excluding hydrogens is 384 g/mol. The molecule has 2 aromatic carbocycles. The summed E-state index contributed by atoms with van der Waals surface area (Å²) < 4.78 is 11.3. The van der Waals surface area contributed by atoms with Gasteiger partial charge >= 0.3 is 0 Å². The van der Waals surface area contributed by atoms with Gasteiger partial charge < -0.3 is 20.5 Å². The summed E-state index contributed by atoms with van der Waals surface area (Å²) in [5, 5.41) is 2.93. The van der Waals surface area contributed by atoms with Gasteiger partial charge in [-0.25, -0.2) is 0 Å². The number of anilines is 1. The zero-order chi connectivity index (χ0) is 18.0. The average molecular weight is 405 g/mol. The molecule has 3 N–H and O–H groups in total. The predicted molar refractivity (Wildman–Crippen MR) is 102 cm³/mol. The zero-order valence-electron chi connectivity index (χ0n) is 14.3. The second-order valence-electron chi connectivity index (χ2n) is 6.05. The average Bonchev–Trinajstić information content (AvgIpc) is 2.62. The molecule has 0 heterocycles. The van der Waals surface area contributed by atoms with Crippen molar-refractivity contribution in [1.82, 2.24) is 0 Å². The van der Waals surface area contributed by atoms with Crippen LogP contribution >= 0.6 is 15.9 Å². The number of nitrogens with one attached hydrogen (secondary N) is 1. The van der Waals surface area contributed by atoms with Crippen LogP contribution in [0, 0.1) is 0 Å². The maximum absolute atomic E-state index is 12.7. The van der Waals surface area contributed by atoms with Gasteiger partial charge in [-0.15, -0.1) is 0 Å². The maximum atomic E-state index is 12.7. The van der Waals surface area contributed by atoms with Gasteiger partial charge in [0, 0.05) is 17.8 Å². The van der Waals surface area contributed by atoms with Crippen molar-refractivity contribution >= 4 is 27.5 Å². The first-order valence-corrected chi connectivity index (χ1v) is 8.94. The van der Waals surface area contributed by atoms with Gasteiger partial charge in [-0.1, -0.05) is 6.07 Å². The molecule has 2 aromatic rings. The van der Waals surface area contributed by atoms with Crippen molar-refractivity contribution in [2.75, 3.05) is 19.5 Å². The highest BCUT2D eigenvalue weighted by Crippen LogP contribution is 2.34. The van der Waals surface area contributed by atoms with Crippen molar-refractivity contribution in [3.63, 3.8) is 0 Å². The van der Waals surface area contributed by atoms with E-state index < -0.39 is 0 Å². The van der Waals surface area contributed by atoms with Crippen LogP contribution < -0.4 is 20.5 Å². The van der Waals surface area contributed by atoms with Crippen LogP contribution in [-0.2, 0) is 6.42 Å². The van der Waals surface area contributed by atoms with E-state index in [4.69, 9.17) is 15.2 Å². The molecule has 1 aliphatic carbocycles. The number of carbonyl (C=O) groups is 1. The summed E-state index contributed by atoms with van der Waals surface area (Å²) in [4.78, 5) is 12.7. The minimum Gasteiger partial charge on any atom is -0.496 e. The molecule has 0 saturated heterocycles. The number of nitrogens with two attached hydrogens (primary N) is 1. The number of ether oxygens (including phenoxy) is 2. The van der Waals surface area contributed by atoms with E-state index in [0.717, 1.165) is 30.5 Å². The van der Waals surface area contributed by atoms with Crippen molar-refractivity contribution in [2.24, 2.45) is 5.73 Å². The summed E-state index contributed by atoms with van der Waals surface area (Å²) in [7, 11) is 3.09. The number of hydrogen-bond acceptors (Lipinski definition) is 4. The Morgan fingerprint density at radius 1 is 1.20 bits per heavy atom. The minimum absolute atomic E-state index is 0.0327. The van der Waals surface area contributed by atoms with E-state index in [0.29, 0.717) is 21.5 Å². The molecule has 5 nitrogen and oxygen atoms in total. The summed E-state index contributed by atoms with van der Waals surface area (Å²) in [5.74, 6) is 0.810. The number of fused-ring (bicyclic) bond motifs is 1. The molecule has 0 radical (unpaired) electrons. The molecular formula is C19H21BrN2O3. The molecule has 1 atom stereocenters. The summed E-state index contributed by atoms with van der Waals surface area (Å²) >= 11 is 3.40. The molecule has 0 saturated carbocycles. The Morgan fingerprint density at radius 2 is 1.96 bits per heavy atom. The van der Waals surface area contributed by atoms with Gasteiger partial charge in [0.1, 0.15) is 11.5 Å². The fraction of sp³-hybridized carbons (Fsp3) is 0.316. The quantitative estimate of drug-likeness (QED) is 0.805. The van der Waals surface area contributed by atoms with Crippen LogP contribution in [0.1, 0.15) is 40.4 Å². The number of benzene rings is 2. The van der Waals surface area contributed by atoms with Crippen molar-refractivity contribution in [3.05, 3.63) is 51.5 Å². The standard InChI is InChI=1S/C19H21BrN2O3/c1-24-17-10-18(25-2)15(20)9-14(17)19(23)22-12-7-6-11-4-3-5-16(21)13(11)8-12/h6-10,16H,3-5,21H2,1-2H3,(H,22,23). The van der Waals surface area contributed by atoms with E-state index >= 15 is 0 Å². The fourth-order valence-corrected chi connectivity index (χ4v) is 3.65. The first-order valence-electron chi connectivity index (χ1n) is 8.14. The predicted octanol–water partition coefficient (Wildman–Crippen LogP) is 4.05. The summed E-state index contributed by atoms with van der Waals surface area (Å²) in [6, 6.07) is 9.34. The van der Waals surface area contributed by atoms with Crippen molar-refractivity contribution < 1.29 is 14.3 Å². The van der Waals surface area contributed by atoms with Gasteiger partial charge in [-0.3, -0.25) is 4.79 Å². The lowest BCUT2D eigenvalue weighted by molar-refractivity contribution is 0.102. The Hall–Kier alpha value is -2.05. The van der Waals surface area contributed by atoms with E-state index in [1.54, 1.807) is 19.2 Å². The molecule has 0 fully saturated rings. The third-order valence-corrected chi connectivity index (χ3v) is 5.10. The molecule has 1 aliphatic rings. The molecule has 1 amide bonds. The van der Waals surface area contributed by atoms with Crippen molar-refractivity contribution in [2.45, 2.75) is 25.3 Å². The van der Waals surface area contributed by atoms with E-state index in [2.05, 4.69) is 21.2 Å². The highest BCUT2D eigenvalue weighted by molar-refractivity contribution is 9.10. The van der Waals surface area contributed by atoms with E-state index in [9.17, 15) is 4.79 Å². The molecule has 25 heavy (non-hydrogen) atoms. The van der Waals surface area contributed by atoms with E-state index in [1.165, 1.54) is 12.7 Å². The van der Waals surface area contributed by atoms with E-state index in [-0.39, 0.29) is 11.9 Å². The highest BCUT2D eigenvalue weighted by atomic mass is 79.9. The number of halogens is 1. The first kappa shape index (κ1) is 17.8. The van der Waals surface area contributed by atoms with E-state index in [1.807, 2.05) is 18.2 Å². The van der Waals surface area contributed by atoms with Gasteiger partial charge in [0.15, 0.2) is 0 Å². The summed E-state index contributed by atoms with van der Waals surface area (Å²) in [6.45, 7) is 0. The van der Waals surface area contributed by atoms with Gasteiger partial charge in [0.2, 0.25) is 0 Å². The van der Waals surface area contributed by atoms with Gasteiger partial charge in [-0.2, -0.15) is 0 Å². The maximum Gasteiger partial charge on any atom is 0.259 e. The zero-order valence-corrected chi connectivity index (χ0v) is 15.9. The summed E-state index contributed by atoms with van der Waals surface area (Å²) in [5.41, 5.74) is 9.74. The smallest absolute Gasteiger partial charge is 0.259 e. The SMILES string of the molecule is COc1cc(OC)c(C(=O)Nc2ccc3c(c2)C(N)CCC3)cc1Br. The monoisotopic (exact) mass is 404 g/mol. The normalized spacial score (nSPS) is 16.1. The van der Waals surface area contributed by atoms with Crippen LogP contribution in [0.5, 0.6) is 11.5 Å². The molecule has 0 spiro atoms. The third kappa shape index (κ3) is 3.65. The second-order valence-corrected chi connectivity index (χ2v) is 6.91. The molecule has 132 valence electrons. The van der Waals surface area contributed by atoms with Gasteiger partial charge in [0.25, 0.3) is 5.91 Å². The Balaban J connectivity index is 1.88. The van der Waals surface area contributed by atoms with Crippen LogP contribution in [0.3, 0.4) is 0 Å². The molecule has 6 heteroatoms. The molecule has 0 aromatic heterocycles. The second kappa shape index (κ2) is 7.45. The van der Waals surface area contributed by atoms with Gasteiger partial charge in [-0.05, 0) is 64.5 Å². The van der Waals surface area contributed by atoms with Crippen LogP contribution in [0.2, 0.25) is 0 Å². The lowest BCUT2D eigenvalue weighted by atomic mass is 9.88. The lowest BCUT2D eigenvalue weighted by Gasteiger charge is -2.23.